The molecule has 1 N–H and O–H groups in total. The number of halogens is 1. The van der Waals surface area contributed by atoms with Crippen LogP contribution in [0.3, 0.4) is 0 Å². The lowest BCUT2D eigenvalue weighted by molar-refractivity contribution is 0.0950. The van der Waals surface area contributed by atoms with Crippen molar-refractivity contribution in [2.45, 2.75) is 31.6 Å². The highest BCUT2D eigenvalue weighted by atomic mass is 19.1. The minimum atomic E-state index is -0.530. The molecule has 0 heterocycles. The number of rotatable bonds is 3. The molecular weight excluding hydrogens is 291 g/mol. The van der Waals surface area contributed by atoms with Crippen molar-refractivity contribution in [3.05, 3.63) is 71.5 Å². The van der Waals surface area contributed by atoms with Crippen LogP contribution in [0.5, 0.6) is 0 Å². The number of hydrogen-bond donors (Lipinski definition) is 1. The van der Waals surface area contributed by atoms with Crippen molar-refractivity contribution < 1.29 is 9.18 Å². The fourth-order valence-electron chi connectivity index (χ4n) is 2.96. The lowest BCUT2D eigenvalue weighted by Gasteiger charge is -2.23. The van der Waals surface area contributed by atoms with Crippen molar-refractivity contribution in [1.82, 2.24) is 5.43 Å². The van der Waals surface area contributed by atoms with Crippen LogP contribution in [0.4, 0.5) is 4.39 Å². The molecule has 3 nitrogen and oxygen atoms in total. The molecule has 1 aliphatic carbocycles. The van der Waals surface area contributed by atoms with Crippen LogP contribution in [0, 0.1) is 5.82 Å². The maximum Gasteiger partial charge on any atom is 0.274 e. The van der Waals surface area contributed by atoms with Crippen LogP contribution in [0.25, 0.3) is 0 Å². The molecule has 0 aromatic heterocycles. The van der Waals surface area contributed by atoms with Gasteiger partial charge >= 0.3 is 0 Å². The molecule has 0 atom stereocenters. The number of carbonyl (C=O) groups excluding carboxylic acids is 1. The van der Waals surface area contributed by atoms with Crippen LogP contribution < -0.4 is 5.43 Å². The molecule has 1 saturated carbocycles. The van der Waals surface area contributed by atoms with Crippen LogP contribution in [0.1, 0.15) is 47.5 Å². The third-order valence-corrected chi connectivity index (χ3v) is 4.27. The van der Waals surface area contributed by atoms with Gasteiger partial charge in [0.1, 0.15) is 5.82 Å². The van der Waals surface area contributed by atoms with Gasteiger partial charge < -0.3 is 0 Å². The van der Waals surface area contributed by atoms with Crippen molar-refractivity contribution >= 4 is 11.6 Å². The molecule has 2 aromatic carbocycles. The first-order valence-corrected chi connectivity index (χ1v) is 7.89. The van der Waals surface area contributed by atoms with Gasteiger partial charge in [0.2, 0.25) is 0 Å². The van der Waals surface area contributed by atoms with Gasteiger partial charge in [-0.05, 0) is 49.3 Å². The Kier molecular flexibility index (Phi) is 4.81. The Bertz CT molecular complexity index is 702. The van der Waals surface area contributed by atoms with E-state index in [9.17, 15) is 9.18 Å². The highest BCUT2D eigenvalue weighted by Gasteiger charge is 2.19. The van der Waals surface area contributed by atoms with Crippen LogP contribution >= 0.6 is 0 Å². The summed E-state index contributed by atoms with van der Waals surface area (Å²) in [6.07, 6.45) is 3.77. The lowest BCUT2D eigenvalue weighted by atomic mass is 9.83. The first kappa shape index (κ1) is 15.4. The largest absolute Gasteiger partial charge is 0.274 e. The fourth-order valence-corrected chi connectivity index (χ4v) is 2.96. The Hall–Kier alpha value is -2.49. The first-order chi connectivity index (χ1) is 11.2. The van der Waals surface area contributed by atoms with Crippen LogP contribution in [-0.2, 0) is 0 Å². The summed E-state index contributed by atoms with van der Waals surface area (Å²) in [4.78, 5) is 11.9. The van der Waals surface area contributed by atoms with Crippen molar-refractivity contribution in [2.24, 2.45) is 5.10 Å². The Labute approximate surface area is 135 Å². The second-order valence-corrected chi connectivity index (χ2v) is 5.78. The molecule has 0 spiro atoms. The summed E-state index contributed by atoms with van der Waals surface area (Å²) in [6.45, 7) is 0. The number of hydrogen-bond acceptors (Lipinski definition) is 2. The molecule has 3 rings (SSSR count). The van der Waals surface area contributed by atoms with Crippen LogP contribution in [0.2, 0.25) is 0 Å². The number of nitrogens with zero attached hydrogens (tertiary/aromatic N) is 1. The van der Waals surface area contributed by atoms with Gasteiger partial charge in [0.15, 0.2) is 0 Å². The van der Waals surface area contributed by atoms with Crippen molar-refractivity contribution in [3.63, 3.8) is 0 Å². The third-order valence-electron chi connectivity index (χ3n) is 4.27. The zero-order valence-electron chi connectivity index (χ0n) is 12.8. The van der Waals surface area contributed by atoms with Gasteiger partial charge in [0, 0.05) is 5.71 Å². The van der Waals surface area contributed by atoms with Crippen molar-refractivity contribution in [1.29, 1.82) is 0 Å². The van der Waals surface area contributed by atoms with Crippen LogP contribution in [0.15, 0.2) is 59.7 Å². The molecule has 2 aromatic rings. The van der Waals surface area contributed by atoms with E-state index in [1.807, 2.05) is 6.07 Å². The molecule has 4 heteroatoms. The highest BCUT2D eigenvalue weighted by Crippen LogP contribution is 2.31. The third kappa shape index (κ3) is 3.83. The van der Waals surface area contributed by atoms with E-state index in [1.54, 1.807) is 12.1 Å². The zero-order valence-corrected chi connectivity index (χ0v) is 12.8. The molecule has 0 saturated heterocycles. The smallest absolute Gasteiger partial charge is 0.267 e. The van der Waals surface area contributed by atoms with Crippen LogP contribution in [-0.4, -0.2) is 11.6 Å². The average molecular weight is 310 g/mol. The standard InChI is InChI=1S/C19H19FN2O/c20-18-9-5-4-8-17(18)19(23)22-21-16-12-10-15(11-13-16)14-6-2-1-3-7-14/h1-9,15H,10-13H2,(H,22,23). The van der Waals surface area contributed by atoms with Crippen molar-refractivity contribution in [3.8, 4) is 0 Å². The molecular formula is C19H19FN2O. The van der Waals surface area contributed by atoms with E-state index < -0.39 is 11.7 Å². The van der Waals surface area contributed by atoms with E-state index in [4.69, 9.17) is 0 Å². The van der Waals surface area contributed by atoms with Gasteiger partial charge in [-0.1, -0.05) is 42.5 Å². The van der Waals surface area contributed by atoms with Gasteiger partial charge in [0.05, 0.1) is 5.56 Å². The number of hydrazone groups is 1. The summed E-state index contributed by atoms with van der Waals surface area (Å²) in [5.41, 5.74) is 4.83. The molecule has 1 aliphatic rings. The maximum atomic E-state index is 13.5. The summed E-state index contributed by atoms with van der Waals surface area (Å²) in [6, 6.07) is 16.4. The Balaban J connectivity index is 1.57. The quantitative estimate of drug-likeness (QED) is 0.845. The van der Waals surface area contributed by atoms with Gasteiger partial charge in [-0.3, -0.25) is 4.79 Å². The molecule has 0 radical (unpaired) electrons. The monoisotopic (exact) mass is 310 g/mol. The molecule has 0 aliphatic heterocycles. The van der Waals surface area contributed by atoms with Crippen molar-refractivity contribution in [2.75, 3.05) is 0 Å². The zero-order chi connectivity index (χ0) is 16.1. The Morgan fingerprint density at radius 2 is 1.65 bits per heavy atom. The fraction of sp³-hybridized carbons (Fsp3) is 0.263. The average Bonchev–Trinajstić information content (AvgIpc) is 2.61. The number of benzene rings is 2. The topological polar surface area (TPSA) is 41.5 Å². The Morgan fingerprint density at radius 1 is 1.00 bits per heavy atom. The molecule has 1 fully saturated rings. The maximum absolute atomic E-state index is 13.5. The second-order valence-electron chi connectivity index (χ2n) is 5.78. The van der Waals surface area contributed by atoms with E-state index in [0.29, 0.717) is 5.92 Å². The second kappa shape index (κ2) is 7.18. The van der Waals surface area contributed by atoms with Gasteiger partial charge in [-0.15, -0.1) is 0 Å². The minimum Gasteiger partial charge on any atom is -0.267 e. The van der Waals surface area contributed by atoms with E-state index in [2.05, 4.69) is 34.8 Å². The SMILES string of the molecule is O=C(NN=C1CCC(c2ccccc2)CC1)c1ccccc1F. The van der Waals surface area contributed by atoms with Gasteiger partial charge in [-0.25, -0.2) is 9.82 Å². The number of carbonyl (C=O) groups is 1. The van der Waals surface area contributed by atoms with E-state index in [1.165, 1.54) is 17.7 Å². The van der Waals surface area contributed by atoms with E-state index >= 15 is 0 Å². The van der Waals surface area contributed by atoms with Gasteiger partial charge in [0.25, 0.3) is 5.91 Å². The lowest BCUT2D eigenvalue weighted by Crippen LogP contribution is -2.22. The summed E-state index contributed by atoms with van der Waals surface area (Å²) in [5, 5.41) is 4.18. The summed E-state index contributed by atoms with van der Waals surface area (Å²) < 4.78 is 13.5. The predicted octanol–water partition coefficient (Wildman–Crippen LogP) is 4.27. The molecule has 0 unspecified atom stereocenters. The summed E-state index contributed by atoms with van der Waals surface area (Å²) in [5.74, 6) is -0.476. The first-order valence-electron chi connectivity index (χ1n) is 7.89. The summed E-state index contributed by atoms with van der Waals surface area (Å²) >= 11 is 0. The molecule has 1 amide bonds. The van der Waals surface area contributed by atoms with Gasteiger partial charge in [-0.2, -0.15) is 5.10 Å². The Morgan fingerprint density at radius 3 is 2.35 bits per heavy atom. The van der Waals surface area contributed by atoms with E-state index in [-0.39, 0.29) is 5.56 Å². The normalized spacial score (nSPS) is 17.6. The number of nitrogens with one attached hydrogen (secondary N) is 1. The number of amides is 1. The molecule has 118 valence electrons. The predicted molar refractivity (Wildman–Crippen MR) is 89.0 cm³/mol. The highest BCUT2D eigenvalue weighted by molar-refractivity contribution is 5.95. The summed E-state index contributed by atoms with van der Waals surface area (Å²) in [7, 11) is 0. The minimum absolute atomic E-state index is 0.0230. The molecule has 0 bridgehead atoms. The molecule has 23 heavy (non-hydrogen) atoms. The van der Waals surface area contributed by atoms with E-state index in [0.717, 1.165) is 31.4 Å².